The Morgan fingerprint density at radius 2 is 1.68 bits per heavy atom. The maximum atomic E-state index is 14.0. The molecule has 7 rings (SSSR count). The fraction of sp³-hybridized carbons (Fsp3) is 0.179. The number of rotatable bonds is 3. The first-order valence-corrected chi connectivity index (χ1v) is 12.3. The van der Waals surface area contributed by atoms with Gasteiger partial charge in [0.2, 0.25) is 24.5 Å². The number of nitrogens with zero attached hydrogens (tertiary/aromatic N) is 2. The lowest BCUT2D eigenvalue weighted by Crippen LogP contribution is -2.50. The van der Waals surface area contributed by atoms with Crippen LogP contribution in [0.4, 0.5) is 17.1 Å². The Kier molecular flexibility index (Phi) is 4.81. The van der Waals surface area contributed by atoms with E-state index in [1.807, 2.05) is 41.3 Å². The molecule has 3 amide bonds. The molecule has 4 aliphatic rings. The van der Waals surface area contributed by atoms with Crippen LogP contribution in [-0.2, 0) is 14.4 Å². The van der Waals surface area contributed by atoms with E-state index in [4.69, 9.17) is 21.1 Å². The summed E-state index contributed by atoms with van der Waals surface area (Å²) >= 11 is 6.01. The van der Waals surface area contributed by atoms with Crippen molar-refractivity contribution in [3.63, 3.8) is 0 Å². The maximum absolute atomic E-state index is 14.0. The first-order chi connectivity index (χ1) is 18.0. The molecule has 3 aromatic rings. The molecule has 0 spiro atoms. The Hall–Kier alpha value is -4.30. The van der Waals surface area contributed by atoms with Gasteiger partial charge in [-0.05, 0) is 48.0 Å². The number of carbonyl (C=O) groups is 3. The molecule has 37 heavy (non-hydrogen) atoms. The highest BCUT2D eigenvalue weighted by molar-refractivity contribution is 6.30. The Morgan fingerprint density at radius 1 is 0.919 bits per heavy atom. The van der Waals surface area contributed by atoms with E-state index >= 15 is 0 Å². The lowest BCUT2D eigenvalue weighted by atomic mass is 9.88. The highest BCUT2D eigenvalue weighted by Gasteiger charge is 2.64. The van der Waals surface area contributed by atoms with Crippen molar-refractivity contribution in [2.24, 2.45) is 11.8 Å². The van der Waals surface area contributed by atoms with Gasteiger partial charge >= 0.3 is 0 Å². The molecule has 1 N–H and O–H groups in total. The fourth-order valence-corrected chi connectivity index (χ4v) is 5.97. The second kappa shape index (κ2) is 8.11. The SMILES string of the molecule is O=C(Nc1ccc(Cl)cc1)[C@H]1[C@H]2C(=O)N(c3ccc4c(c3)OCO4)C(=O)[C@H]2[C@@H]2C=Cc3ccccc3N21. The monoisotopic (exact) mass is 513 g/mol. The van der Waals surface area contributed by atoms with E-state index in [1.54, 1.807) is 42.5 Å². The number of carbonyl (C=O) groups excluding carboxylic acids is 3. The molecule has 4 heterocycles. The molecule has 4 atom stereocenters. The lowest BCUT2D eigenvalue weighted by Gasteiger charge is -2.36. The molecule has 3 aromatic carbocycles. The van der Waals surface area contributed by atoms with E-state index in [0.29, 0.717) is 27.9 Å². The molecule has 2 saturated heterocycles. The van der Waals surface area contributed by atoms with Crippen molar-refractivity contribution in [1.82, 2.24) is 0 Å². The number of halogens is 1. The van der Waals surface area contributed by atoms with Gasteiger partial charge in [-0.1, -0.05) is 42.0 Å². The first-order valence-electron chi connectivity index (χ1n) is 11.9. The third-order valence-electron chi connectivity index (χ3n) is 7.41. The Balaban J connectivity index is 1.30. The van der Waals surface area contributed by atoms with Gasteiger partial charge in [-0.2, -0.15) is 0 Å². The number of anilines is 3. The second-order valence-corrected chi connectivity index (χ2v) is 9.79. The minimum atomic E-state index is -0.896. The van der Waals surface area contributed by atoms with Crippen LogP contribution in [0, 0.1) is 11.8 Å². The van der Waals surface area contributed by atoms with Crippen molar-refractivity contribution in [2.75, 3.05) is 21.9 Å². The zero-order valence-corrected chi connectivity index (χ0v) is 20.1. The highest BCUT2D eigenvalue weighted by atomic mass is 35.5. The van der Waals surface area contributed by atoms with Gasteiger partial charge in [0.25, 0.3) is 0 Å². The van der Waals surface area contributed by atoms with Crippen LogP contribution in [0.5, 0.6) is 11.5 Å². The summed E-state index contributed by atoms with van der Waals surface area (Å²) in [5.41, 5.74) is 2.70. The van der Waals surface area contributed by atoms with Crippen LogP contribution in [0.1, 0.15) is 5.56 Å². The Labute approximate surface area is 217 Å². The summed E-state index contributed by atoms with van der Waals surface area (Å²) in [6.45, 7) is 0.0834. The summed E-state index contributed by atoms with van der Waals surface area (Å²) in [5.74, 6) is -1.67. The van der Waals surface area contributed by atoms with Crippen molar-refractivity contribution < 1.29 is 23.9 Å². The third kappa shape index (κ3) is 3.25. The van der Waals surface area contributed by atoms with Gasteiger partial charge in [-0.3, -0.25) is 14.4 Å². The predicted octanol–water partition coefficient (Wildman–Crippen LogP) is 4.10. The van der Waals surface area contributed by atoms with E-state index in [2.05, 4.69) is 5.32 Å². The van der Waals surface area contributed by atoms with Crippen LogP contribution in [0.2, 0.25) is 5.02 Å². The zero-order valence-electron chi connectivity index (χ0n) is 19.3. The molecule has 184 valence electrons. The standard InChI is InChI=1S/C28H20ClN3O5/c29-16-6-8-17(9-7-16)30-26(33)25-24-23(20-11-5-15-3-1-2-4-19(15)32(20)25)27(34)31(28(24)35)18-10-12-21-22(13-18)37-14-36-21/h1-13,20,23-25H,14H2,(H,30,33)/t20-,23-,24-,25+/m0/s1. The van der Waals surface area contributed by atoms with Crippen molar-refractivity contribution in [3.05, 3.63) is 83.4 Å². The minimum absolute atomic E-state index is 0.0834. The fourth-order valence-electron chi connectivity index (χ4n) is 5.84. The van der Waals surface area contributed by atoms with Crippen LogP contribution in [0.25, 0.3) is 6.08 Å². The van der Waals surface area contributed by atoms with Gasteiger partial charge in [-0.25, -0.2) is 4.90 Å². The van der Waals surface area contributed by atoms with Crippen molar-refractivity contribution in [2.45, 2.75) is 12.1 Å². The van der Waals surface area contributed by atoms with Gasteiger partial charge < -0.3 is 19.7 Å². The summed E-state index contributed by atoms with van der Waals surface area (Å²) in [5, 5.41) is 3.48. The predicted molar refractivity (Wildman–Crippen MR) is 138 cm³/mol. The number of hydrogen-bond acceptors (Lipinski definition) is 6. The molecule has 0 unspecified atom stereocenters. The normalized spacial score (nSPS) is 24.7. The molecular weight excluding hydrogens is 494 g/mol. The molecule has 0 radical (unpaired) electrons. The van der Waals surface area contributed by atoms with E-state index < -0.39 is 29.8 Å². The quantitative estimate of drug-likeness (QED) is 0.531. The number of hydrogen-bond donors (Lipinski definition) is 1. The number of benzene rings is 3. The summed E-state index contributed by atoms with van der Waals surface area (Å²) in [6.07, 6.45) is 3.87. The first kappa shape index (κ1) is 21.9. The van der Waals surface area contributed by atoms with Gasteiger partial charge in [0, 0.05) is 22.5 Å². The molecule has 8 nitrogen and oxygen atoms in total. The number of para-hydroxylation sites is 1. The van der Waals surface area contributed by atoms with Gasteiger partial charge in [-0.15, -0.1) is 0 Å². The number of fused-ring (bicyclic) bond motifs is 6. The van der Waals surface area contributed by atoms with Crippen molar-refractivity contribution >= 4 is 52.5 Å². The number of nitrogens with one attached hydrogen (secondary N) is 1. The maximum Gasteiger partial charge on any atom is 0.247 e. The largest absolute Gasteiger partial charge is 0.454 e. The summed E-state index contributed by atoms with van der Waals surface area (Å²) < 4.78 is 10.8. The molecular formula is C28H20ClN3O5. The average Bonchev–Trinajstić information content (AvgIpc) is 3.58. The number of imide groups is 1. The lowest BCUT2D eigenvalue weighted by molar-refractivity contribution is -0.126. The molecule has 0 aliphatic carbocycles. The summed E-state index contributed by atoms with van der Waals surface area (Å²) in [7, 11) is 0. The van der Waals surface area contributed by atoms with Crippen LogP contribution < -0.4 is 24.6 Å². The van der Waals surface area contributed by atoms with Crippen LogP contribution in [-0.4, -0.2) is 36.6 Å². The molecule has 2 fully saturated rings. The third-order valence-corrected chi connectivity index (χ3v) is 7.66. The summed E-state index contributed by atoms with van der Waals surface area (Å²) in [6, 6.07) is 18.1. The average molecular weight is 514 g/mol. The van der Waals surface area contributed by atoms with Gasteiger partial charge in [0.15, 0.2) is 11.5 Å². The Morgan fingerprint density at radius 3 is 2.51 bits per heavy atom. The van der Waals surface area contributed by atoms with E-state index in [1.165, 1.54) is 4.90 Å². The van der Waals surface area contributed by atoms with E-state index in [0.717, 1.165) is 11.3 Å². The molecule has 4 aliphatic heterocycles. The number of ether oxygens (including phenoxy) is 2. The smallest absolute Gasteiger partial charge is 0.247 e. The molecule has 9 heteroatoms. The molecule has 0 saturated carbocycles. The Bertz CT molecular complexity index is 1500. The van der Waals surface area contributed by atoms with E-state index in [-0.39, 0.29) is 18.6 Å². The topological polar surface area (TPSA) is 88.2 Å². The van der Waals surface area contributed by atoms with Crippen molar-refractivity contribution in [1.29, 1.82) is 0 Å². The zero-order chi connectivity index (χ0) is 25.3. The van der Waals surface area contributed by atoms with Crippen LogP contribution >= 0.6 is 11.6 Å². The van der Waals surface area contributed by atoms with Crippen LogP contribution in [0.15, 0.2) is 72.8 Å². The molecule has 0 aromatic heterocycles. The van der Waals surface area contributed by atoms with Crippen LogP contribution in [0.3, 0.4) is 0 Å². The number of amides is 3. The van der Waals surface area contributed by atoms with E-state index in [9.17, 15) is 14.4 Å². The van der Waals surface area contributed by atoms with Gasteiger partial charge in [0.05, 0.1) is 23.6 Å². The minimum Gasteiger partial charge on any atom is -0.454 e. The van der Waals surface area contributed by atoms with Crippen molar-refractivity contribution in [3.8, 4) is 11.5 Å². The van der Waals surface area contributed by atoms with Gasteiger partial charge in [0.1, 0.15) is 6.04 Å². The molecule has 0 bridgehead atoms. The second-order valence-electron chi connectivity index (χ2n) is 9.36. The summed E-state index contributed by atoms with van der Waals surface area (Å²) in [4.78, 5) is 44.7. The highest BCUT2D eigenvalue weighted by Crippen LogP contribution is 2.50.